The summed E-state index contributed by atoms with van der Waals surface area (Å²) in [6.45, 7) is 0.0903. The minimum absolute atomic E-state index is 0.0438. The van der Waals surface area contributed by atoms with E-state index in [1.165, 1.54) is 0 Å². The zero-order valence-electron chi connectivity index (χ0n) is 17.7. The molecule has 4 rings (SSSR count). The average molecular weight is 487 g/mol. The number of aromatic nitrogens is 4. The number of aromatic carboxylic acids is 1. The molecule has 0 fully saturated rings. The molecule has 1 amide bonds. The SMILES string of the molecule is O=C(NCc1nc2ncc(F)cc2c(=O)[nH]1)OCc1ccccc1.O=C(O)c1cc(F)cnc1F. The van der Waals surface area contributed by atoms with Crippen molar-refractivity contribution in [2.75, 3.05) is 0 Å². The fraction of sp³-hybridized carbons (Fsp3) is 0.0909. The zero-order chi connectivity index (χ0) is 25.4. The molecule has 0 saturated carbocycles. The normalized spacial score (nSPS) is 10.3. The molecule has 0 spiro atoms. The van der Waals surface area contributed by atoms with Gasteiger partial charge in [-0.05, 0) is 17.7 Å². The third kappa shape index (κ3) is 7.08. The number of carbonyl (C=O) groups excluding carboxylic acids is 1. The van der Waals surface area contributed by atoms with E-state index in [1.54, 1.807) is 0 Å². The Kier molecular flexibility index (Phi) is 8.06. The topological polar surface area (TPSA) is 147 Å². The highest BCUT2D eigenvalue weighted by atomic mass is 19.1. The summed E-state index contributed by atoms with van der Waals surface area (Å²) in [5.41, 5.74) is -0.322. The Hall–Kier alpha value is -4.81. The van der Waals surface area contributed by atoms with Gasteiger partial charge in [-0.15, -0.1) is 0 Å². The van der Waals surface area contributed by atoms with Gasteiger partial charge in [-0.25, -0.2) is 33.3 Å². The summed E-state index contributed by atoms with van der Waals surface area (Å²) < 4.78 is 42.7. The quantitative estimate of drug-likeness (QED) is 0.364. The Labute approximate surface area is 194 Å². The highest BCUT2D eigenvalue weighted by molar-refractivity contribution is 5.87. The predicted octanol–water partition coefficient (Wildman–Crippen LogP) is 2.94. The predicted molar refractivity (Wildman–Crippen MR) is 115 cm³/mol. The number of benzene rings is 1. The fourth-order valence-electron chi connectivity index (χ4n) is 2.63. The van der Waals surface area contributed by atoms with Gasteiger partial charge in [0.25, 0.3) is 5.56 Å². The molecule has 0 bridgehead atoms. The van der Waals surface area contributed by atoms with Crippen LogP contribution in [0.3, 0.4) is 0 Å². The number of nitrogens with one attached hydrogen (secondary N) is 2. The van der Waals surface area contributed by atoms with Crippen molar-refractivity contribution >= 4 is 23.1 Å². The lowest BCUT2D eigenvalue weighted by molar-refractivity contribution is 0.0690. The van der Waals surface area contributed by atoms with Gasteiger partial charge >= 0.3 is 12.1 Å². The third-order valence-corrected chi connectivity index (χ3v) is 4.23. The van der Waals surface area contributed by atoms with E-state index in [2.05, 4.69) is 25.3 Å². The minimum atomic E-state index is -1.53. The van der Waals surface area contributed by atoms with Crippen LogP contribution in [0.5, 0.6) is 0 Å². The first-order valence-corrected chi connectivity index (χ1v) is 9.76. The Morgan fingerprint density at radius 1 is 1.03 bits per heavy atom. The van der Waals surface area contributed by atoms with Crippen molar-refractivity contribution in [3.63, 3.8) is 0 Å². The number of hydrogen-bond acceptors (Lipinski definition) is 7. The summed E-state index contributed by atoms with van der Waals surface area (Å²) in [7, 11) is 0. The number of halogens is 3. The maximum absolute atomic E-state index is 13.1. The van der Waals surface area contributed by atoms with Gasteiger partial charge in [-0.3, -0.25) is 4.79 Å². The summed E-state index contributed by atoms with van der Waals surface area (Å²) >= 11 is 0. The van der Waals surface area contributed by atoms with Crippen LogP contribution in [0.25, 0.3) is 11.0 Å². The number of fused-ring (bicyclic) bond motifs is 1. The van der Waals surface area contributed by atoms with Crippen LogP contribution in [0, 0.1) is 17.6 Å². The Balaban J connectivity index is 0.000000261. The third-order valence-electron chi connectivity index (χ3n) is 4.23. The molecule has 3 aromatic heterocycles. The number of H-pyrrole nitrogens is 1. The molecule has 180 valence electrons. The molecule has 0 aliphatic heterocycles. The highest BCUT2D eigenvalue weighted by Gasteiger charge is 2.12. The van der Waals surface area contributed by atoms with E-state index in [9.17, 15) is 27.6 Å². The number of pyridine rings is 2. The molecule has 10 nitrogen and oxygen atoms in total. The molecule has 4 aromatic rings. The first-order valence-electron chi connectivity index (χ1n) is 9.76. The molecule has 3 N–H and O–H groups in total. The van der Waals surface area contributed by atoms with Crippen LogP contribution in [0.2, 0.25) is 0 Å². The van der Waals surface area contributed by atoms with Gasteiger partial charge < -0.3 is 20.1 Å². The Morgan fingerprint density at radius 3 is 2.40 bits per heavy atom. The van der Waals surface area contributed by atoms with Gasteiger partial charge in [-0.1, -0.05) is 30.3 Å². The van der Waals surface area contributed by atoms with Gasteiger partial charge in [0.2, 0.25) is 5.95 Å². The summed E-state index contributed by atoms with van der Waals surface area (Å²) in [6.07, 6.45) is 0.940. The molecule has 13 heteroatoms. The van der Waals surface area contributed by atoms with E-state index in [0.29, 0.717) is 12.3 Å². The van der Waals surface area contributed by atoms with Gasteiger partial charge in [-0.2, -0.15) is 4.39 Å². The lowest BCUT2D eigenvalue weighted by atomic mass is 10.2. The number of carbonyl (C=O) groups is 2. The smallest absolute Gasteiger partial charge is 0.407 e. The standard InChI is InChI=1S/C16H13FN4O3.C6H3F2NO2/c17-11-6-12-14(18-7-11)20-13(21-15(12)22)8-19-16(23)24-9-10-4-2-1-3-5-10;7-3-1-4(6(10)11)5(8)9-2-3/h1-7H,8-9H2,(H,19,23)(H,18,20,21,22);1-2H,(H,10,11). The molecule has 0 aliphatic carbocycles. The highest BCUT2D eigenvalue weighted by Crippen LogP contribution is 2.07. The van der Waals surface area contributed by atoms with Crippen molar-refractivity contribution in [3.05, 3.63) is 99.7 Å². The van der Waals surface area contributed by atoms with Crippen LogP contribution < -0.4 is 10.9 Å². The zero-order valence-corrected chi connectivity index (χ0v) is 17.7. The van der Waals surface area contributed by atoms with Crippen LogP contribution in [0.1, 0.15) is 21.7 Å². The number of amides is 1. The number of aromatic amines is 1. The molecule has 35 heavy (non-hydrogen) atoms. The number of alkyl carbamates (subject to hydrolysis) is 1. The first kappa shape index (κ1) is 24.8. The maximum Gasteiger partial charge on any atom is 0.407 e. The second-order valence-corrected chi connectivity index (χ2v) is 6.75. The maximum atomic E-state index is 13.1. The number of hydrogen-bond donors (Lipinski definition) is 3. The van der Waals surface area contributed by atoms with Crippen molar-refractivity contribution in [2.24, 2.45) is 0 Å². The van der Waals surface area contributed by atoms with Gasteiger partial charge in [0.15, 0.2) is 5.65 Å². The molecule has 1 aromatic carbocycles. The lowest BCUT2D eigenvalue weighted by Gasteiger charge is -2.07. The van der Waals surface area contributed by atoms with Crippen molar-refractivity contribution in [1.82, 2.24) is 25.3 Å². The van der Waals surface area contributed by atoms with E-state index in [4.69, 9.17) is 9.84 Å². The van der Waals surface area contributed by atoms with Gasteiger partial charge in [0.1, 0.15) is 29.6 Å². The summed E-state index contributed by atoms with van der Waals surface area (Å²) in [4.78, 5) is 46.8. The molecule has 0 saturated heterocycles. The molecular formula is C22H16F3N5O5. The first-order chi connectivity index (χ1) is 16.7. The van der Waals surface area contributed by atoms with Crippen molar-refractivity contribution < 1.29 is 32.6 Å². The van der Waals surface area contributed by atoms with Crippen LogP contribution >= 0.6 is 0 Å². The molecule has 3 heterocycles. The minimum Gasteiger partial charge on any atom is -0.478 e. The van der Waals surface area contributed by atoms with E-state index >= 15 is 0 Å². The van der Waals surface area contributed by atoms with Crippen LogP contribution in [-0.2, 0) is 17.9 Å². The molecule has 0 aliphatic rings. The van der Waals surface area contributed by atoms with Crippen molar-refractivity contribution in [3.8, 4) is 0 Å². The summed E-state index contributed by atoms with van der Waals surface area (Å²) in [5.74, 6) is -4.01. The second-order valence-electron chi connectivity index (χ2n) is 6.75. The Morgan fingerprint density at radius 2 is 1.71 bits per heavy atom. The molecule has 0 radical (unpaired) electrons. The van der Waals surface area contributed by atoms with Crippen molar-refractivity contribution in [1.29, 1.82) is 0 Å². The number of ether oxygens (including phenoxy) is 1. The van der Waals surface area contributed by atoms with E-state index in [1.807, 2.05) is 30.3 Å². The number of carboxylic acids is 1. The number of nitrogens with zero attached hydrogens (tertiary/aromatic N) is 3. The lowest BCUT2D eigenvalue weighted by Crippen LogP contribution is -2.26. The molecule has 0 unspecified atom stereocenters. The van der Waals surface area contributed by atoms with E-state index in [-0.39, 0.29) is 30.0 Å². The monoisotopic (exact) mass is 487 g/mol. The second kappa shape index (κ2) is 11.4. The number of rotatable bonds is 5. The van der Waals surface area contributed by atoms with Crippen LogP contribution in [-0.4, -0.2) is 37.1 Å². The van der Waals surface area contributed by atoms with E-state index in [0.717, 1.165) is 17.8 Å². The van der Waals surface area contributed by atoms with Gasteiger partial charge in [0, 0.05) is 0 Å². The Bertz CT molecular complexity index is 1420. The van der Waals surface area contributed by atoms with Crippen molar-refractivity contribution in [2.45, 2.75) is 13.2 Å². The average Bonchev–Trinajstić information content (AvgIpc) is 2.84. The van der Waals surface area contributed by atoms with Crippen LogP contribution in [0.15, 0.2) is 59.7 Å². The number of carboxylic acid groups (broad SMARTS) is 1. The van der Waals surface area contributed by atoms with E-state index < -0.39 is 40.8 Å². The summed E-state index contributed by atoms with van der Waals surface area (Å²) in [6, 6.07) is 10.8. The molecular weight excluding hydrogens is 471 g/mol. The fourth-order valence-corrected chi connectivity index (χ4v) is 2.63. The molecule has 0 atom stereocenters. The van der Waals surface area contributed by atoms with Crippen LogP contribution in [0.4, 0.5) is 18.0 Å². The van der Waals surface area contributed by atoms with Gasteiger partial charge in [0.05, 0.1) is 24.3 Å². The summed E-state index contributed by atoms with van der Waals surface area (Å²) in [5, 5.41) is 10.8. The largest absolute Gasteiger partial charge is 0.478 e.